The van der Waals surface area contributed by atoms with Gasteiger partial charge in [-0.05, 0) is 43.7 Å². The van der Waals surface area contributed by atoms with Crippen molar-refractivity contribution in [3.05, 3.63) is 34.7 Å². The summed E-state index contributed by atoms with van der Waals surface area (Å²) >= 11 is 6.75. The van der Waals surface area contributed by atoms with Gasteiger partial charge in [0.2, 0.25) is 5.91 Å². The van der Waals surface area contributed by atoms with Crippen LogP contribution >= 0.6 is 24.0 Å². The minimum absolute atomic E-state index is 0.0330. The van der Waals surface area contributed by atoms with Crippen LogP contribution in [0, 0.1) is 0 Å². The van der Waals surface area contributed by atoms with E-state index in [2.05, 4.69) is 11.9 Å². The molecule has 162 valence electrons. The fourth-order valence-electron chi connectivity index (χ4n) is 3.48. The first kappa shape index (κ1) is 22.8. The van der Waals surface area contributed by atoms with Crippen LogP contribution in [-0.2, 0) is 9.59 Å². The van der Waals surface area contributed by atoms with E-state index < -0.39 is 0 Å². The molecular formula is C22H29N3O3S2. The summed E-state index contributed by atoms with van der Waals surface area (Å²) in [6.07, 6.45) is 5.06. The Hall–Kier alpha value is -1.90. The Kier molecular flexibility index (Phi) is 8.30. The molecular weight excluding hydrogens is 418 g/mol. The van der Waals surface area contributed by atoms with Gasteiger partial charge in [0.05, 0.1) is 12.0 Å². The largest absolute Gasteiger partial charge is 0.497 e. The molecule has 2 amide bonds. The van der Waals surface area contributed by atoms with Crippen LogP contribution in [0.3, 0.4) is 0 Å². The maximum absolute atomic E-state index is 12.7. The molecule has 0 aromatic heterocycles. The summed E-state index contributed by atoms with van der Waals surface area (Å²) in [4.78, 5) is 31.5. The van der Waals surface area contributed by atoms with Gasteiger partial charge in [0, 0.05) is 39.1 Å². The number of hydrogen-bond donors (Lipinski definition) is 0. The Balaban J connectivity index is 1.41. The number of thioether (sulfide) groups is 1. The zero-order valence-corrected chi connectivity index (χ0v) is 19.3. The molecule has 0 atom stereocenters. The monoisotopic (exact) mass is 447 g/mol. The van der Waals surface area contributed by atoms with Crippen LogP contribution in [0.4, 0.5) is 0 Å². The van der Waals surface area contributed by atoms with Crippen molar-refractivity contribution in [2.75, 3.05) is 46.9 Å². The number of piperazine rings is 1. The maximum atomic E-state index is 12.7. The molecule has 2 heterocycles. The maximum Gasteiger partial charge on any atom is 0.266 e. The SMILES string of the molecule is COc1ccc(/C=C2/SC(=S)N(CCCCCC(=O)N3CCN(C)CC3)C2=O)cc1. The number of unbranched alkanes of at least 4 members (excludes halogenated alkanes) is 2. The molecule has 30 heavy (non-hydrogen) atoms. The highest BCUT2D eigenvalue weighted by atomic mass is 32.2. The predicted octanol–water partition coefficient (Wildman–Crippen LogP) is 3.23. The van der Waals surface area contributed by atoms with Crippen molar-refractivity contribution in [3.63, 3.8) is 0 Å². The molecule has 1 aromatic carbocycles. The summed E-state index contributed by atoms with van der Waals surface area (Å²) in [5, 5.41) is 0. The molecule has 6 nitrogen and oxygen atoms in total. The van der Waals surface area contributed by atoms with Crippen molar-refractivity contribution in [1.29, 1.82) is 0 Å². The third-order valence-corrected chi connectivity index (χ3v) is 6.79. The molecule has 2 saturated heterocycles. The lowest BCUT2D eigenvalue weighted by atomic mass is 10.1. The first-order valence-corrected chi connectivity index (χ1v) is 11.6. The summed E-state index contributed by atoms with van der Waals surface area (Å²) in [5.41, 5.74) is 0.943. The fourth-order valence-corrected chi connectivity index (χ4v) is 4.79. The van der Waals surface area contributed by atoms with Crippen LogP contribution in [0.25, 0.3) is 6.08 Å². The van der Waals surface area contributed by atoms with Crippen LogP contribution in [-0.4, -0.2) is 77.7 Å². The number of thiocarbonyl (C=S) groups is 1. The lowest BCUT2D eigenvalue weighted by molar-refractivity contribution is -0.133. The van der Waals surface area contributed by atoms with Gasteiger partial charge in [-0.1, -0.05) is 42.5 Å². The fraction of sp³-hybridized carbons (Fsp3) is 0.500. The Labute approximate surface area is 188 Å². The molecule has 0 saturated carbocycles. The molecule has 0 radical (unpaired) electrons. The minimum Gasteiger partial charge on any atom is -0.497 e. The zero-order chi connectivity index (χ0) is 21.5. The molecule has 0 spiro atoms. The number of methoxy groups -OCH3 is 1. The van der Waals surface area contributed by atoms with E-state index in [1.54, 1.807) is 12.0 Å². The number of carbonyl (C=O) groups excluding carboxylic acids is 2. The number of likely N-dealkylation sites (N-methyl/N-ethyl adjacent to an activating group) is 1. The number of hydrogen-bond acceptors (Lipinski definition) is 6. The third kappa shape index (κ3) is 6.06. The average Bonchev–Trinajstić information content (AvgIpc) is 3.01. The van der Waals surface area contributed by atoms with E-state index >= 15 is 0 Å². The molecule has 8 heteroatoms. The predicted molar refractivity (Wildman–Crippen MR) is 125 cm³/mol. The molecule has 2 aliphatic rings. The first-order valence-electron chi connectivity index (χ1n) is 10.3. The molecule has 0 unspecified atom stereocenters. The van der Waals surface area contributed by atoms with Crippen molar-refractivity contribution in [2.24, 2.45) is 0 Å². The Morgan fingerprint density at radius 2 is 1.83 bits per heavy atom. The van der Waals surface area contributed by atoms with E-state index in [1.165, 1.54) is 11.8 Å². The van der Waals surface area contributed by atoms with E-state index in [4.69, 9.17) is 17.0 Å². The number of nitrogens with zero attached hydrogens (tertiary/aromatic N) is 3. The molecule has 0 N–H and O–H groups in total. The van der Waals surface area contributed by atoms with E-state index in [0.717, 1.165) is 56.8 Å². The molecule has 2 fully saturated rings. The first-order chi connectivity index (χ1) is 14.5. The van der Waals surface area contributed by atoms with Gasteiger partial charge in [0.25, 0.3) is 5.91 Å². The van der Waals surface area contributed by atoms with Gasteiger partial charge in [-0.15, -0.1) is 0 Å². The van der Waals surface area contributed by atoms with Crippen molar-refractivity contribution in [2.45, 2.75) is 25.7 Å². The Morgan fingerprint density at radius 3 is 2.50 bits per heavy atom. The van der Waals surface area contributed by atoms with Crippen molar-refractivity contribution in [3.8, 4) is 5.75 Å². The van der Waals surface area contributed by atoms with Gasteiger partial charge in [0.1, 0.15) is 10.1 Å². The molecule has 0 aliphatic carbocycles. The zero-order valence-electron chi connectivity index (χ0n) is 17.6. The van der Waals surface area contributed by atoms with E-state index in [-0.39, 0.29) is 11.8 Å². The van der Waals surface area contributed by atoms with Crippen LogP contribution < -0.4 is 4.74 Å². The smallest absolute Gasteiger partial charge is 0.266 e. The average molecular weight is 448 g/mol. The number of amides is 2. The summed E-state index contributed by atoms with van der Waals surface area (Å²) in [6, 6.07) is 7.58. The number of rotatable bonds is 8. The van der Waals surface area contributed by atoms with Crippen LogP contribution in [0.2, 0.25) is 0 Å². The second kappa shape index (κ2) is 10.9. The van der Waals surface area contributed by atoms with Gasteiger partial charge in [-0.2, -0.15) is 0 Å². The minimum atomic E-state index is -0.0330. The van der Waals surface area contributed by atoms with Gasteiger partial charge in [-0.3, -0.25) is 14.5 Å². The second-order valence-electron chi connectivity index (χ2n) is 7.60. The molecule has 3 rings (SSSR count). The van der Waals surface area contributed by atoms with Crippen molar-refractivity contribution >= 4 is 46.2 Å². The highest BCUT2D eigenvalue weighted by molar-refractivity contribution is 8.26. The second-order valence-corrected chi connectivity index (χ2v) is 9.28. The molecule has 1 aromatic rings. The lowest BCUT2D eigenvalue weighted by Crippen LogP contribution is -2.47. The lowest BCUT2D eigenvalue weighted by Gasteiger charge is -2.32. The van der Waals surface area contributed by atoms with Gasteiger partial charge < -0.3 is 14.5 Å². The van der Waals surface area contributed by atoms with E-state index in [9.17, 15) is 9.59 Å². The summed E-state index contributed by atoms with van der Waals surface area (Å²) in [5.74, 6) is 0.997. The standard InChI is InChI=1S/C22H29N3O3S2/c1-23-12-14-24(15-13-23)20(26)6-4-3-5-11-25-21(27)19(30-22(25)29)16-17-7-9-18(28-2)10-8-17/h7-10,16H,3-6,11-15H2,1-2H3/b19-16+. The summed E-state index contributed by atoms with van der Waals surface area (Å²) in [6.45, 7) is 4.15. The third-order valence-electron chi connectivity index (χ3n) is 5.42. The van der Waals surface area contributed by atoms with Crippen LogP contribution in [0.5, 0.6) is 5.75 Å². The number of benzene rings is 1. The summed E-state index contributed by atoms with van der Waals surface area (Å²) < 4.78 is 5.77. The van der Waals surface area contributed by atoms with Crippen molar-refractivity contribution in [1.82, 2.24) is 14.7 Å². The quantitative estimate of drug-likeness (QED) is 0.347. The number of carbonyl (C=O) groups is 2. The Morgan fingerprint density at radius 1 is 1.13 bits per heavy atom. The van der Waals surface area contributed by atoms with Gasteiger partial charge >= 0.3 is 0 Å². The highest BCUT2D eigenvalue weighted by Gasteiger charge is 2.31. The van der Waals surface area contributed by atoms with E-state index in [0.29, 0.717) is 22.2 Å². The topological polar surface area (TPSA) is 53.1 Å². The highest BCUT2D eigenvalue weighted by Crippen LogP contribution is 2.33. The molecule has 0 bridgehead atoms. The van der Waals surface area contributed by atoms with Crippen molar-refractivity contribution < 1.29 is 14.3 Å². The van der Waals surface area contributed by atoms with E-state index in [1.807, 2.05) is 35.2 Å². The number of ether oxygens (including phenoxy) is 1. The van der Waals surface area contributed by atoms with Gasteiger partial charge in [-0.25, -0.2) is 0 Å². The van der Waals surface area contributed by atoms with Crippen LogP contribution in [0.1, 0.15) is 31.2 Å². The Bertz CT molecular complexity index is 802. The van der Waals surface area contributed by atoms with Crippen LogP contribution in [0.15, 0.2) is 29.2 Å². The van der Waals surface area contributed by atoms with Gasteiger partial charge in [0.15, 0.2) is 0 Å². The molecule has 2 aliphatic heterocycles. The normalized spacial score (nSPS) is 19.1. The summed E-state index contributed by atoms with van der Waals surface area (Å²) in [7, 11) is 3.71.